The van der Waals surface area contributed by atoms with Gasteiger partial charge in [-0.05, 0) is 26.7 Å². The van der Waals surface area contributed by atoms with E-state index >= 15 is 0 Å². The van der Waals surface area contributed by atoms with Crippen molar-refractivity contribution in [2.24, 2.45) is 0 Å². The van der Waals surface area contributed by atoms with Crippen molar-refractivity contribution in [3.63, 3.8) is 0 Å². The van der Waals surface area contributed by atoms with Gasteiger partial charge in [0.2, 0.25) is 5.95 Å². The van der Waals surface area contributed by atoms with E-state index in [1.54, 1.807) is 4.90 Å². The van der Waals surface area contributed by atoms with Crippen LogP contribution in [0.25, 0.3) is 0 Å². The lowest BCUT2D eigenvalue weighted by molar-refractivity contribution is -0.138. The van der Waals surface area contributed by atoms with E-state index in [0.717, 1.165) is 17.8 Å². The zero-order valence-electron chi connectivity index (χ0n) is 9.34. The molecule has 2 heterocycles. The summed E-state index contributed by atoms with van der Waals surface area (Å²) in [5.41, 5.74) is 1.57. The Labute approximate surface area is 93.3 Å². The van der Waals surface area contributed by atoms with Crippen LogP contribution in [-0.4, -0.2) is 38.8 Å². The summed E-state index contributed by atoms with van der Waals surface area (Å²) in [7, 11) is 0. The second-order valence-corrected chi connectivity index (χ2v) is 3.97. The van der Waals surface area contributed by atoms with Crippen molar-refractivity contribution in [1.29, 1.82) is 0 Å². The van der Waals surface area contributed by atoms with Crippen molar-refractivity contribution in [1.82, 2.24) is 15.2 Å². The number of nitrogens with zero attached hydrogens (tertiary/aromatic N) is 4. The molecule has 6 nitrogen and oxygen atoms in total. The summed E-state index contributed by atoms with van der Waals surface area (Å²) in [5, 5.41) is 17.0. The molecule has 6 heteroatoms. The second-order valence-electron chi connectivity index (χ2n) is 3.97. The third-order valence-corrected chi connectivity index (χ3v) is 2.88. The first kappa shape index (κ1) is 10.8. The number of carboxylic acid groups (broad SMARTS) is 1. The van der Waals surface area contributed by atoms with Crippen LogP contribution in [0.2, 0.25) is 0 Å². The maximum atomic E-state index is 11.0. The molecule has 0 saturated carbocycles. The predicted octanol–water partition coefficient (Wildman–Crippen LogP) is 0.542. The highest BCUT2D eigenvalue weighted by Gasteiger charge is 2.32. The lowest BCUT2D eigenvalue weighted by atomic mass is 10.2. The summed E-state index contributed by atoms with van der Waals surface area (Å²) in [6.07, 6.45) is 1.50. The largest absolute Gasteiger partial charge is 0.480 e. The van der Waals surface area contributed by atoms with Crippen molar-refractivity contribution in [2.75, 3.05) is 11.4 Å². The van der Waals surface area contributed by atoms with Crippen LogP contribution in [0.5, 0.6) is 0 Å². The Morgan fingerprint density at radius 3 is 2.75 bits per heavy atom. The Balaban J connectivity index is 2.29. The minimum absolute atomic E-state index is 0.424. The normalized spacial score (nSPS) is 20.1. The summed E-state index contributed by atoms with van der Waals surface area (Å²) in [6.45, 7) is 4.36. The summed E-state index contributed by atoms with van der Waals surface area (Å²) in [5.74, 6) is -0.396. The van der Waals surface area contributed by atoms with Crippen LogP contribution in [0.1, 0.15) is 24.2 Å². The quantitative estimate of drug-likeness (QED) is 0.786. The average Bonchev–Trinajstić information content (AvgIpc) is 2.71. The number of carbonyl (C=O) groups is 1. The van der Waals surface area contributed by atoms with Crippen LogP contribution in [0.15, 0.2) is 0 Å². The third-order valence-electron chi connectivity index (χ3n) is 2.88. The van der Waals surface area contributed by atoms with Crippen molar-refractivity contribution < 1.29 is 9.90 Å². The van der Waals surface area contributed by atoms with Crippen molar-refractivity contribution in [3.05, 3.63) is 11.4 Å². The monoisotopic (exact) mass is 222 g/mol. The standard InChI is InChI=1S/C10H14N4O2/c1-6-7(2)12-13-10(11-6)14-5-3-4-8(14)9(15)16/h8H,3-5H2,1-2H3,(H,15,16)/t8-/m0/s1. The number of hydrogen-bond donors (Lipinski definition) is 1. The molecule has 0 spiro atoms. The van der Waals surface area contributed by atoms with E-state index < -0.39 is 12.0 Å². The lowest BCUT2D eigenvalue weighted by Crippen LogP contribution is -2.37. The maximum Gasteiger partial charge on any atom is 0.326 e. The van der Waals surface area contributed by atoms with Crippen molar-refractivity contribution in [2.45, 2.75) is 32.7 Å². The fourth-order valence-electron chi connectivity index (χ4n) is 1.83. The topological polar surface area (TPSA) is 79.2 Å². The van der Waals surface area contributed by atoms with Gasteiger partial charge in [0.15, 0.2) is 0 Å². The molecule has 16 heavy (non-hydrogen) atoms. The fourth-order valence-corrected chi connectivity index (χ4v) is 1.83. The van der Waals surface area contributed by atoms with Crippen LogP contribution in [-0.2, 0) is 4.79 Å². The van der Waals surface area contributed by atoms with Gasteiger partial charge in [-0.3, -0.25) is 0 Å². The van der Waals surface area contributed by atoms with Gasteiger partial charge < -0.3 is 10.0 Å². The molecule has 86 valence electrons. The highest BCUT2D eigenvalue weighted by Crippen LogP contribution is 2.22. The molecule has 2 rings (SSSR count). The third kappa shape index (κ3) is 1.82. The fraction of sp³-hybridized carbons (Fsp3) is 0.600. The molecule has 1 N–H and O–H groups in total. The number of aromatic nitrogens is 3. The first-order valence-corrected chi connectivity index (χ1v) is 5.27. The van der Waals surface area contributed by atoms with Crippen LogP contribution in [0.3, 0.4) is 0 Å². The number of carboxylic acids is 1. The predicted molar refractivity (Wildman–Crippen MR) is 57.3 cm³/mol. The molecule has 1 fully saturated rings. The van der Waals surface area contributed by atoms with Crippen LogP contribution >= 0.6 is 0 Å². The molecule has 0 bridgehead atoms. The van der Waals surface area contributed by atoms with Crippen LogP contribution in [0, 0.1) is 13.8 Å². The number of aryl methyl sites for hydroxylation is 2. The first-order chi connectivity index (χ1) is 7.59. The molecular formula is C10H14N4O2. The van der Waals surface area contributed by atoms with Gasteiger partial charge in [0, 0.05) is 6.54 Å². The van der Waals surface area contributed by atoms with Gasteiger partial charge in [-0.15, -0.1) is 5.10 Å². The van der Waals surface area contributed by atoms with Gasteiger partial charge in [-0.2, -0.15) is 5.10 Å². The van der Waals surface area contributed by atoms with Gasteiger partial charge in [0.1, 0.15) is 6.04 Å². The van der Waals surface area contributed by atoms with Crippen molar-refractivity contribution >= 4 is 11.9 Å². The molecule has 0 amide bonds. The summed E-state index contributed by atoms with van der Waals surface area (Å²) in [4.78, 5) is 17.0. The molecule has 1 aliphatic heterocycles. The van der Waals surface area contributed by atoms with Gasteiger partial charge in [-0.1, -0.05) is 0 Å². The minimum atomic E-state index is -0.820. The summed E-state index contributed by atoms with van der Waals surface area (Å²) < 4.78 is 0. The Morgan fingerprint density at radius 1 is 1.38 bits per heavy atom. The van der Waals surface area contributed by atoms with E-state index in [1.165, 1.54) is 0 Å². The lowest BCUT2D eigenvalue weighted by Gasteiger charge is -2.20. The van der Waals surface area contributed by atoms with E-state index in [-0.39, 0.29) is 0 Å². The van der Waals surface area contributed by atoms with E-state index in [0.29, 0.717) is 18.9 Å². The summed E-state index contributed by atoms with van der Waals surface area (Å²) in [6, 6.07) is -0.510. The molecule has 0 aromatic carbocycles. The van der Waals surface area contributed by atoms with Crippen LogP contribution in [0.4, 0.5) is 5.95 Å². The Kier molecular flexibility index (Phi) is 2.72. The van der Waals surface area contributed by atoms with Gasteiger partial charge in [-0.25, -0.2) is 9.78 Å². The zero-order chi connectivity index (χ0) is 11.7. The van der Waals surface area contributed by atoms with E-state index in [1.807, 2.05) is 13.8 Å². The highest BCUT2D eigenvalue weighted by molar-refractivity contribution is 5.77. The molecule has 1 saturated heterocycles. The Morgan fingerprint density at radius 2 is 2.12 bits per heavy atom. The molecule has 1 aliphatic rings. The molecule has 0 unspecified atom stereocenters. The molecule has 1 aromatic heterocycles. The minimum Gasteiger partial charge on any atom is -0.480 e. The Hall–Kier alpha value is -1.72. The highest BCUT2D eigenvalue weighted by atomic mass is 16.4. The first-order valence-electron chi connectivity index (χ1n) is 5.27. The zero-order valence-corrected chi connectivity index (χ0v) is 9.34. The Bertz CT molecular complexity index is 421. The molecule has 0 radical (unpaired) electrons. The number of rotatable bonds is 2. The molecule has 1 aromatic rings. The van der Waals surface area contributed by atoms with Gasteiger partial charge in [0.05, 0.1) is 11.4 Å². The smallest absolute Gasteiger partial charge is 0.326 e. The SMILES string of the molecule is Cc1nnc(N2CCC[C@H]2C(=O)O)nc1C. The van der Waals surface area contributed by atoms with Gasteiger partial charge in [0.25, 0.3) is 0 Å². The number of aliphatic carboxylic acids is 1. The van der Waals surface area contributed by atoms with Gasteiger partial charge >= 0.3 is 5.97 Å². The van der Waals surface area contributed by atoms with Crippen molar-refractivity contribution in [3.8, 4) is 0 Å². The number of hydrogen-bond acceptors (Lipinski definition) is 5. The molecule has 1 atom stereocenters. The molecular weight excluding hydrogens is 208 g/mol. The maximum absolute atomic E-state index is 11.0. The second kappa shape index (κ2) is 4.03. The average molecular weight is 222 g/mol. The van der Waals surface area contributed by atoms with E-state index in [4.69, 9.17) is 5.11 Å². The number of anilines is 1. The molecule has 0 aliphatic carbocycles. The van der Waals surface area contributed by atoms with E-state index in [9.17, 15) is 4.79 Å². The van der Waals surface area contributed by atoms with E-state index in [2.05, 4.69) is 15.2 Å². The van der Waals surface area contributed by atoms with Crippen LogP contribution < -0.4 is 4.90 Å². The summed E-state index contributed by atoms with van der Waals surface area (Å²) >= 11 is 0.